The molecule has 1 aliphatic rings. The third-order valence-corrected chi connectivity index (χ3v) is 2.51. The van der Waals surface area contributed by atoms with Crippen molar-refractivity contribution in [1.29, 1.82) is 0 Å². The molecule has 0 N–H and O–H groups in total. The largest absolute Gasteiger partial charge is 0.495 e. The van der Waals surface area contributed by atoms with Crippen LogP contribution in [0.5, 0.6) is 11.6 Å². The van der Waals surface area contributed by atoms with E-state index in [1.54, 1.807) is 19.4 Å². The summed E-state index contributed by atoms with van der Waals surface area (Å²) in [4.78, 5) is 4.10. The zero-order valence-corrected chi connectivity index (χ0v) is 9.28. The fourth-order valence-corrected chi connectivity index (χ4v) is 1.45. The third kappa shape index (κ3) is 1.99. The van der Waals surface area contributed by atoms with E-state index in [1.807, 2.05) is 0 Å². The lowest BCUT2D eigenvalue weighted by Crippen LogP contribution is -2.38. The minimum atomic E-state index is 0.133. The van der Waals surface area contributed by atoms with Crippen LogP contribution in [0.3, 0.4) is 0 Å². The Bertz CT molecular complexity index is 328. The molecule has 0 spiro atoms. The highest BCUT2D eigenvalue weighted by atomic mass is 79.9. The van der Waals surface area contributed by atoms with Gasteiger partial charge in [-0.15, -0.1) is 0 Å². The van der Waals surface area contributed by atoms with Gasteiger partial charge in [-0.3, -0.25) is 0 Å². The zero-order chi connectivity index (χ0) is 9.97. The van der Waals surface area contributed by atoms with Gasteiger partial charge in [0.1, 0.15) is 11.9 Å². The van der Waals surface area contributed by atoms with E-state index in [4.69, 9.17) is 14.2 Å². The van der Waals surface area contributed by atoms with E-state index < -0.39 is 0 Å². The van der Waals surface area contributed by atoms with Gasteiger partial charge in [0, 0.05) is 12.3 Å². The summed E-state index contributed by atoms with van der Waals surface area (Å²) in [6.45, 7) is 1.28. The topological polar surface area (TPSA) is 40.6 Å². The SMILES string of the molecule is COc1cc(OC2COC2)ncc1Br. The molecule has 1 aliphatic heterocycles. The molecule has 5 heteroatoms. The lowest BCUT2D eigenvalue weighted by atomic mass is 10.3. The molecule has 1 aromatic heterocycles. The molecule has 2 heterocycles. The monoisotopic (exact) mass is 259 g/mol. The van der Waals surface area contributed by atoms with Crippen molar-refractivity contribution in [3.63, 3.8) is 0 Å². The Labute approximate surface area is 90.3 Å². The molecule has 76 valence electrons. The van der Waals surface area contributed by atoms with Gasteiger partial charge in [0.15, 0.2) is 0 Å². The molecule has 4 nitrogen and oxygen atoms in total. The molecule has 1 saturated heterocycles. The second-order valence-corrected chi connectivity index (χ2v) is 3.79. The van der Waals surface area contributed by atoms with Crippen LogP contribution >= 0.6 is 15.9 Å². The molecule has 0 atom stereocenters. The number of halogens is 1. The van der Waals surface area contributed by atoms with E-state index in [0.29, 0.717) is 19.1 Å². The molecule has 0 saturated carbocycles. The molecular weight excluding hydrogens is 250 g/mol. The smallest absolute Gasteiger partial charge is 0.217 e. The Kier molecular flexibility index (Phi) is 2.88. The van der Waals surface area contributed by atoms with Crippen molar-refractivity contribution in [2.75, 3.05) is 20.3 Å². The van der Waals surface area contributed by atoms with Gasteiger partial charge in [-0.2, -0.15) is 0 Å². The first-order valence-electron chi connectivity index (χ1n) is 4.23. The predicted octanol–water partition coefficient (Wildman–Crippen LogP) is 1.63. The number of pyridine rings is 1. The van der Waals surface area contributed by atoms with Gasteiger partial charge in [-0.05, 0) is 15.9 Å². The van der Waals surface area contributed by atoms with E-state index in [2.05, 4.69) is 20.9 Å². The molecule has 2 rings (SSSR count). The summed E-state index contributed by atoms with van der Waals surface area (Å²) < 4.78 is 16.4. The van der Waals surface area contributed by atoms with Crippen LogP contribution in [-0.2, 0) is 4.74 Å². The number of rotatable bonds is 3. The summed E-state index contributed by atoms with van der Waals surface area (Å²) >= 11 is 3.32. The van der Waals surface area contributed by atoms with Crippen molar-refractivity contribution in [1.82, 2.24) is 4.98 Å². The number of methoxy groups -OCH3 is 1. The average Bonchev–Trinajstić information content (AvgIpc) is 2.14. The molecule has 1 aromatic rings. The van der Waals surface area contributed by atoms with Crippen molar-refractivity contribution in [2.24, 2.45) is 0 Å². The number of hydrogen-bond acceptors (Lipinski definition) is 4. The van der Waals surface area contributed by atoms with Crippen LogP contribution in [0.2, 0.25) is 0 Å². The van der Waals surface area contributed by atoms with Gasteiger partial charge in [-0.1, -0.05) is 0 Å². The van der Waals surface area contributed by atoms with E-state index in [1.165, 1.54) is 0 Å². The van der Waals surface area contributed by atoms with Crippen molar-refractivity contribution in [3.05, 3.63) is 16.7 Å². The summed E-state index contributed by atoms with van der Waals surface area (Å²) in [6, 6.07) is 1.75. The number of nitrogens with zero attached hydrogens (tertiary/aromatic N) is 1. The number of ether oxygens (including phenoxy) is 3. The quantitative estimate of drug-likeness (QED) is 0.828. The molecule has 0 aromatic carbocycles. The van der Waals surface area contributed by atoms with Crippen LogP contribution in [0.1, 0.15) is 0 Å². The maximum atomic E-state index is 5.51. The maximum absolute atomic E-state index is 5.51. The molecule has 0 aliphatic carbocycles. The van der Waals surface area contributed by atoms with Gasteiger partial charge in [0.05, 0.1) is 24.8 Å². The Hall–Kier alpha value is -0.810. The first kappa shape index (κ1) is 9.73. The highest BCUT2D eigenvalue weighted by Gasteiger charge is 2.20. The molecule has 1 fully saturated rings. The lowest BCUT2D eigenvalue weighted by Gasteiger charge is -2.26. The van der Waals surface area contributed by atoms with Crippen LogP contribution in [0.4, 0.5) is 0 Å². The summed E-state index contributed by atoms with van der Waals surface area (Å²) in [7, 11) is 1.61. The Morgan fingerprint density at radius 2 is 2.36 bits per heavy atom. The lowest BCUT2D eigenvalue weighted by molar-refractivity contribution is -0.0814. The van der Waals surface area contributed by atoms with Crippen LogP contribution in [0.15, 0.2) is 16.7 Å². The first-order chi connectivity index (χ1) is 6.79. The third-order valence-electron chi connectivity index (χ3n) is 1.91. The second-order valence-electron chi connectivity index (χ2n) is 2.93. The molecular formula is C9H10BrNO3. The molecule has 14 heavy (non-hydrogen) atoms. The minimum absolute atomic E-state index is 0.133. The normalized spacial score (nSPS) is 16.1. The van der Waals surface area contributed by atoms with Crippen LogP contribution in [0, 0.1) is 0 Å². The predicted molar refractivity (Wildman–Crippen MR) is 53.7 cm³/mol. The van der Waals surface area contributed by atoms with Crippen LogP contribution < -0.4 is 9.47 Å². The van der Waals surface area contributed by atoms with E-state index >= 15 is 0 Å². The molecule has 0 unspecified atom stereocenters. The fraction of sp³-hybridized carbons (Fsp3) is 0.444. The van der Waals surface area contributed by atoms with Crippen LogP contribution in [0.25, 0.3) is 0 Å². The minimum Gasteiger partial charge on any atom is -0.495 e. The number of aromatic nitrogens is 1. The summed E-state index contributed by atoms with van der Waals surface area (Å²) in [5.74, 6) is 1.29. The maximum Gasteiger partial charge on any atom is 0.217 e. The second kappa shape index (κ2) is 4.14. The van der Waals surface area contributed by atoms with E-state index in [0.717, 1.165) is 10.2 Å². The number of hydrogen-bond donors (Lipinski definition) is 0. The van der Waals surface area contributed by atoms with Crippen molar-refractivity contribution < 1.29 is 14.2 Å². The fourth-order valence-electron chi connectivity index (χ4n) is 1.08. The van der Waals surface area contributed by atoms with Crippen molar-refractivity contribution in [2.45, 2.75) is 6.10 Å². The summed E-state index contributed by atoms with van der Waals surface area (Å²) in [5.41, 5.74) is 0. The van der Waals surface area contributed by atoms with Crippen molar-refractivity contribution in [3.8, 4) is 11.6 Å². The van der Waals surface area contributed by atoms with Gasteiger partial charge >= 0.3 is 0 Å². The molecule has 0 radical (unpaired) electrons. The van der Waals surface area contributed by atoms with Gasteiger partial charge in [0.25, 0.3) is 0 Å². The van der Waals surface area contributed by atoms with Crippen molar-refractivity contribution >= 4 is 15.9 Å². The zero-order valence-electron chi connectivity index (χ0n) is 7.70. The Morgan fingerprint density at radius 1 is 1.57 bits per heavy atom. The van der Waals surface area contributed by atoms with E-state index in [9.17, 15) is 0 Å². The van der Waals surface area contributed by atoms with Gasteiger partial charge in [-0.25, -0.2) is 4.98 Å². The highest BCUT2D eigenvalue weighted by Crippen LogP contribution is 2.27. The summed E-state index contributed by atoms with van der Waals surface area (Å²) in [5, 5.41) is 0. The standard InChI is InChI=1S/C9H10BrNO3/c1-12-8-2-9(11-3-7(8)10)14-6-4-13-5-6/h2-3,6H,4-5H2,1H3. The van der Waals surface area contributed by atoms with E-state index in [-0.39, 0.29) is 6.10 Å². The Balaban J connectivity index is 2.09. The first-order valence-corrected chi connectivity index (χ1v) is 5.03. The average molecular weight is 260 g/mol. The Morgan fingerprint density at radius 3 is 2.93 bits per heavy atom. The molecule has 0 amide bonds. The molecule has 0 bridgehead atoms. The van der Waals surface area contributed by atoms with Gasteiger partial charge < -0.3 is 14.2 Å². The van der Waals surface area contributed by atoms with Crippen LogP contribution in [-0.4, -0.2) is 31.4 Å². The highest BCUT2D eigenvalue weighted by molar-refractivity contribution is 9.10. The van der Waals surface area contributed by atoms with Gasteiger partial charge in [0.2, 0.25) is 5.88 Å². The summed E-state index contributed by atoms with van der Waals surface area (Å²) in [6.07, 6.45) is 1.79.